The van der Waals surface area contributed by atoms with Gasteiger partial charge in [0.1, 0.15) is 6.04 Å². The molecular formula is C27H39F3N4O3S. The van der Waals surface area contributed by atoms with Gasteiger partial charge in [0, 0.05) is 38.8 Å². The largest absolute Gasteiger partial charge is 0.406 e. The predicted molar refractivity (Wildman–Crippen MR) is 137 cm³/mol. The molecule has 0 saturated carbocycles. The second-order valence-electron chi connectivity index (χ2n) is 12.0. The lowest BCUT2D eigenvalue weighted by molar-refractivity contribution is -0.173. The average molecular weight is 557 g/mol. The van der Waals surface area contributed by atoms with Crippen LogP contribution in [0.5, 0.6) is 0 Å². The van der Waals surface area contributed by atoms with Gasteiger partial charge in [-0.15, -0.1) is 0 Å². The first-order valence-corrected chi connectivity index (χ1v) is 15.3. The number of hydrogen-bond acceptors (Lipinski definition) is 5. The summed E-state index contributed by atoms with van der Waals surface area (Å²) in [6, 6.07) is 6.02. The average Bonchev–Trinajstić information content (AvgIpc) is 3.28. The lowest BCUT2D eigenvalue weighted by atomic mass is 9.74. The van der Waals surface area contributed by atoms with Crippen molar-refractivity contribution in [3.63, 3.8) is 0 Å². The molecule has 1 aromatic carbocycles. The van der Waals surface area contributed by atoms with E-state index in [2.05, 4.69) is 19.3 Å². The van der Waals surface area contributed by atoms with Gasteiger partial charge in [-0.05, 0) is 67.9 Å². The fraction of sp³-hybridized carbons (Fsp3) is 0.741. The maximum absolute atomic E-state index is 14.2. The lowest BCUT2D eigenvalue weighted by Crippen LogP contribution is -2.53. The molecule has 11 heteroatoms. The van der Waals surface area contributed by atoms with Crippen molar-refractivity contribution in [3.8, 4) is 0 Å². The molecule has 4 fully saturated rings. The molecule has 1 N–H and O–H groups in total. The SMILES string of the molecule is CC1CC(C)CN(C(=O)C2C3CC(C4CCN(S(=O)(=O)c5ccccc5)CC4)CCN3NC2C(F)(F)F)C1. The summed E-state index contributed by atoms with van der Waals surface area (Å²) in [5, 5.41) is 1.67. The minimum atomic E-state index is -4.52. The zero-order valence-electron chi connectivity index (χ0n) is 22.1. The highest BCUT2D eigenvalue weighted by Crippen LogP contribution is 2.44. The van der Waals surface area contributed by atoms with Crippen molar-refractivity contribution in [2.75, 3.05) is 32.7 Å². The van der Waals surface area contributed by atoms with Gasteiger partial charge in [0.05, 0.1) is 10.8 Å². The van der Waals surface area contributed by atoms with Crippen LogP contribution in [0.2, 0.25) is 0 Å². The molecule has 1 aromatic rings. The zero-order chi connectivity index (χ0) is 27.2. The van der Waals surface area contributed by atoms with E-state index in [0.717, 1.165) is 12.8 Å². The van der Waals surface area contributed by atoms with Crippen LogP contribution >= 0.6 is 0 Å². The third-order valence-corrected chi connectivity index (χ3v) is 11.0. The van der Waals surface area contributed by atoms with Crippen LogP contribution in [-0.4, -0.2) is 79.5 Å². The first kappa shape index (κ1) is 27.9. The number of nitrogens with zero attached hydrogens (tertiary/aromatic N) is 3. The van der Waals surface area contributed by atoms with Gasteiger partial charge in [-0.2, -0.15) is 17.5 Å². The Balaban J connectivity index is 1.28. The molecule has 7 nitrogen and oxygen atoms in total. The highest BCUT2D eigenvalue weighted by atomic mass is 32.2. The molecule has 5 rings (SSSR count). The number of benzene rings is 1. The number of fused-ring (bicyclic) bond motifs is 1. The van der Waals surface area contributed by atoms with E-state index in [-0.39, 0.29) is 34.5 Å². The van der Waals surface area contributed by atoms with Gasteiger partial charge in [0.15, 0.2) is 0 Å². The maximum Gasteiger partial charge on any atom is 0.406 e. The van der Waals surface area contributed by atoms with Crippen molar-refractivity contribution in [2.24, 2.45) is 29.6 Å². The molecule has 0 spiro atoms. The van der Waals surface area contributed by atoms with Crippen molar-refractivity contribution in [1.29, 1.82) is 0 Å². The number of nitrogens with one attached hydrogen (secondary N) is 1. The molecule has 4 aliphatic rings. The molecule has 212 valence electrons. The van der Waals surface area contributed by atoms with E-state index < -0.39 is 34.2 Å². The van der Waals surface area contributed by atoms with E-state index in [1.54, 1.807) is 40.2 Å². The lowest BCUT2D eigenvalue weighted by Gasteiger charge is -2.43. The normalized spacial score (nSPS) is 34.3. The van der Waals surface area contributed by atoms with Crippen LogP contribution in [0.25, 0.3) is 0 Å². The molecule has 6 unspecified atom stereocenters. The van der Waals surface area contributed by atoms with Gasteiger partial charge in [-0.1, -0.05) is 32.0 Å². The van der Waals surface area contributed by atoms with Gasteiger partial charge in [-0.3, -0.25) is 4.79 Å². The first-order valence-electron chi connectivity index (χ1n) is 13.9. The number of piperidine rings is 3. The Bertz CT molecular complexity index is 1080. The second-order valence-corrected chi connectivity index (χ2v) is 13.9. The van der Waals surface area contributed by atoms with Gasteiger partial charge >= 0.3 is 6.18 Å². The van der Waals surface area contributed by atoms with Crippen LogP contribution in [0.15, 0.2) is 35.2 Å². The number of halogens is 3. The molecule has 0 aliphatic carbocycles. The van der Waals surface area contributed by atoms with Crippen LogP contribution in [-0.2, 0) is 14.8 Å². The van der Waals surface area contributed by atoms with Crippen LogP contribution in [0.3, 0.4) is 0 Å². The Kier molecular flexibility index (Phi) is 7.85. The number of hydrogen-bond donors (Lipinski definition) is 1. The molecule has 0 aromatic heterocycles. The summed E-state index contributed by atoms with van der Waals surface area (Å²) in [5.41, 5.74) is 2.67. The molecule has 1 amide bonds. The summed E-state index contributed by atoms with van der Waals surface area (Å²) in [5.74, 6) is -0.594. The van der Waals surface area contributed by atoms with E-state index in [1.165, 1.54) is 4.31 Å². The minimum Gasteiger partial charge on any atom is -0.342 e. The Labute approximate surface area is 223 Å². The first-order chi connectivity index (χ1) is 17.9. The van der Waals surface area contributed by atoms with E-state index >= 15 is 0 Å². The van der Waals surface area contributed by atoms with E-state index in [1.807, 2.05) is 0 Å². The second kappa shape index (κ2) is 10.7. The molecule has 0 radical (unpaired) electrons. The molecule has 4 saturated heterocycles. The topological polar surface area (TPSA) is 73.0 Å². The monoisotopic (exact) mass is 556 g/mol. The summed E-state index contributed by atoms with van der Waals surface area (Å²) in [4.78, 5) is 15.6. The van der Waals surface area contributed by atoms with Crippen molar-refractivity contribution < 1.29 is 26.4 Å². The summed E-state index contributed by atoms with van der Waals surface area (Å²) < 4.78 is 70.0. The predicted octanol–water partition coefficient (Wildman–Crippen LogP) is 3.74. The van der Waals surface area contributed by atoms with Crippen LogP contribution in [0.1, 0.15) is 46.0 Å². The van der Waals surface area contributed by atoms with Crippen molar-refractivity contribution in [1.82, 2.24) is 19.6 Å². The number of likely N-dealkylation sites (tertiary alicyclic amines) is 1. The number of sulfonamides is 1. The third-order valence-electron chi connectivity index (χ3n) is 9.13. The highest BCUT2D eigenvalue weighted by molar-refractivity contribution is 7.89. The summed E-state index contributed by atoms with van der Waals surface area (Å²) in [6.45, 7) is 6.39. The minimum absolute atomic E-state index is 0.168. The molecule has 38 heavy (non-hydrogen) atoms. The van der Waals surface area contributed by atoms with Crippen LogP contribution in [0, 0.1) is 29.6 Å². The third kappa shape index (κ3) is 5.48. The number of carbonyl (C=O) groups excluding carboxylic acids is 1. The van der Waals surface area contributed by atoms with E-state index in [9.17, 15) is 26.4 Å². The molecule has 4 aliphatic heterocycles. The van der Waals surface area contributed by atoms with Gasteiger partial charge in [-0.25, -0.2) is 18.9 Å². The summed E-state index contributed by atoms with van der Waals surface area (Å²) in [6.07, 6.45) is -0.921. The van der Waals surface area contributed by atoms with Crippen LogP contribution in [0.4, 0.5) is 13.2 Å². The number of alkyl halides is 3. The van der Waals surface area contributed by atoms with Crippen molar-refractivity contribution in [3.05, 3.63) is 30.3 Å². The quantitative estimate of drug-likeness (QED) is 0.612. The Morgan fingerprint density at radius 3 is 2.13 bits per heavy atom. The zero-order valence-corrected chi connectivity index (χ0v) is 22.9. The number of hydrazine groups is 1. The van der Waals surface area contributed by atoms with Crippen LogP contribution < -0.4 is 5.43 Å². The Morgan fingerprint density at radius 2 is 1.53 bits per heavy atom. The Morgan fingerprint density at radius 1 is 0.921 bits per heavy atom. The summed E-state index contributed by atoms with van der Waals surface area (Å²) in [7, 11) is -3.56. The fourth-order valence-corrected chi connectivity index (χ4v) is 8.89. The van der Waals surface area contributed by atoms with Gasteiger partial charge < -0.3 is 4.90 Å². The molecular weight excluding hydrogens is 517 g/mol. The van der Waals surface area contributed by atoms with Gasteiger partial charge in [0.25, 0.3) is 0 Å². The van der Waals surface area contributed by atoms with Crippen molar-refractivity contribution in [2.45, 2.75) is 69.1 Å². The number of carbonyl (C=O) groups is 1. The molecule has 6 atom stereocenters. The highest BCUT2D eigenvalue weighted by Gasteiger charge is 2.59. The fourth-order valence-electron chi connectivity index (χ4n) is 7.40. The number of amides is 1. The Hall–Kier alpha value is -1.69. The number of rotatable bonds is 4. The van der Waals surface area contributed by atoms with Crippen molar-refractivity contribution >= 4 is 15.9 Å². The van der Waals surface area contributed by atoms with Gasteiger partial charge in [0.2, 0.25) is 15.9 Å². The van der Waals surface area contributed by atoms with E-state index in [4.69, 9.17) is 0 Å². The maximum atomic E-state index is 14.2. The molecule has 0 bridgehead atoms. The standard InChI is InChI=1S/C27H39F3N4O3S/c1-18-14-19(2)17-32(16-18)26(35)24-23-15-21(10-13-34(23)31-25(24)27(28,29)30)20-8-11-33(12-9-20)38(36,37)22-6-4-3-5-7-22/h3-7,18-21,23-25,31H,8-17H2,1-2H3. The molecule has 4 heterocycles. The van der Waals surface area contributed by atoms with E-state index in [0.29, 0.717) is 52.0 Å². The smallest absolute Gasteiger partial charge is 0.342 e. The summed E-state index contributed by atoms with van der Waals surface area (Å²) >= 11 is 0.